The summed E-state index contributed by atoms with van der Waals surface area (Å²) in [4.78, 5) is 7.86. The molecule has 0 radical (unpaired) electrons. The maximum absolute atomic E-state index is 8.51. The van der Waals surface area contributed by atoms with E-state index in [0.29, 0.717) is 19.0 Å². The van der Waals surface area contributed by atoms with Crippen molar-refractivity contribution in [1.82, 2.24) is 9.97 Å². The minimum absolute atomic E-state index is 0.136. The number of amidine groups is 1. The van der Waals surface area contributed by atoms with Crippen molar-refractivity contribution in [2.45, 2.75) is 38.9 Å². The zero-order chi connectivity index (χ0) is 16.1. The Morgan fingerprint density at radius 2 is 1.86 bits per heavy atom. The predicted octanol–water partition coefficient (Wildman–Crippen LogP) is 1.97. The summed E-state index contributed by atoms with van der Waals surface area (Å²) in [5, 5.41) is 11.5. The standard InChI is InChI=1S/C13H24N4O3Si/c1-13(2,3)21(4,5)20-7-6-19-10-8-15-12(16-9-10)11(14)17-18/h8-9,18H,6-7H2,1-5H3,(H2,14,17). The highest BCUT2D eigenvalue weighted by molar-refractivity contribution is 6.74. The Balaban J connectivity index is 2.43. The summed E-state index contributed by atoms with van der Waals surface area (Å²) >= 11 is 0. The molecule has 0 unspecified atom stereocenters. The molecular formula is C13H24N4O3Si. The smallest absolute Gasteiger partial charge is 0.207 e. The zero-order valence-electron chi connectivity index (χ0n) is 13.3. The second kappa shape index (κ2) is 6.86. The van der Waals surface area contributed by atoms with Crippen LogP contribution in [0.1, 0.15) is 26.6 Å². The van der Waals surface area contributed by atoms with E-state index in [1.54, 1.807) is 0 Å². The Hall–Kier alpha value is -1.67. The molecule has 0 aliphatic heterocycles. The lowest BCUT2D eigenvalue weighted by atomic mass is 10.2. The summed E-state index contributed by atoms with van der Waals surface area (Å²) in [7, 11) is -1.74. The van der Waals surface area contributed by atoms with Crippen molar-refractivity contribution in [3.8, 4) is 5.75 Å². The molecule has 1 heterocycles. The van der Waals surface area contributed by atoms with E-state index in [4.69, 9.17) is 20.1 Å². The van der Waals surface area contributed by atoms with Crippen LogP contribution < -0.4 is 10.5 Å². The Morgan fingerprint density at radius 3 is 2.33 bits per heavy atom. The third-order valence-corrected chi connectivity index (χ3v) is 8.12. The number of nitrogens with two attached hydrogens (primary N) is 1. The topological polar surface area (TPSA) is 103 Å². The van der Waals surface area contributed by atoms with Gasteiger partial charge in [-0.2, -0.15) is 0 Å². The van der Waals surface area contributed by atoms with Crippen LogP contribution in [0.4, 0.5) is 0 Å². The molecule has 0 aromatic carbocycles. The minimum Gasteiger partial charge on any atom is -0.488 e. The van der Waals surface area contributed by atoms with Gasteiger partial charge in [0, 0.05) is 0 Å². The Morgan fingerprint density at radius 1 is 1.29 bits per heavy atom. The van der Waals surface area contributed by atoms with Gasteiger partial charge in [-0.25, -0.2) is 9.97 Å². The molecule has 0 amide bonds. The van der Waals surface area contributed by atoms with E-state index in [1.807, 2.05) is 0 Å². The molecule has 0 saturated carbocycles. The SMILES string of the molecule is CC(C)(C)[Si](C)(C)OCCOc1cnc(/C(N)=N/O)nc1. The zero-order valence-corrected chi connectivity index (χ0v) is 14.3. The van der Waals surface area contributed by atoms with Gasteiger partial charge in [0.05, 0.1) is 19.0 Å². The monoisotopic (exact) mass is 312 g/mol. The second-order valence-electron chi connectivity index (χ2n) is 6.18. The number of rotatable bonds is 6. The average Bonchev–Trinajstić information content (AvgIpc) is 2.42. The van der Waals surface area contributed by atoms with Crippen molar-refractivity contribution >= 4 is 14.2 Å². The largest absolute Gasteiger partial charge is 0.488 e. The Labute approximate surface area is 126 Å². The van der Waals surface area contributed by atoms with Gasteiger partial charge in [0.25, 0.3) is 0 Å². The lowest BCUT2D eigenvalue weighted by molar-refractivity contribution is 0.202. The molecule has 0 aliphatic rings. The van der Waals surface area contributed by atoms with Gasteiger partial charge in [0.1, 0.15) is 6.61 Å². The van der Waals surface area contributed by atoms with E-state index in [0.717, 1.165) is 0 Å². The molecule has 0 spiro atoms. The molecule has 1 rings (SSSR count). The van der Waals surface area contributed by atoms with E-state index in [9.17, 15) is 0 Å². The van der Waals surface area contributed by atoms with Crippen LogP contribution in [0.2, 0.25) is 18.1 Å². The van der Waals surface area contributed by atoms with Crippen molar-refractivity contribution in [3.05, 3.63) is 18.2 Å². The maximum Gasteiger partial charge on any atom is 0.207 e. The highest BCUT2D eigenvalue weighted by Crippen LogP contribution is 2.36. The average molecular weight is 312 g/mol. The number of nitrogens with zero attached hydrogens (tertiary/aromatic N) is 3. The number of hydrogen-bond donors (Lipinski definition) is 2. The van der Waals surface area contributed by atoms with Crippen LogP contribution in [0, 0.1) is 0 Å². The first-order valence-electron chi connectivity index (χ1n) is 6.74. The van der Waals surface area contributed by atoms with Crippen LogP contribution in [0.25, 0.3) is 0 Å². The first-order chi connectivity index (χ1) is 9.67. The predicted molar refractivity (Wildman–Crippen MR) is 83.2 cm³/mol. The molecule has 1 aromatic rings. The highest BCUT2D eigenvalue weighted by Gasteiger charge is 2.36. The summed E-state index contributed by atoms with van der Waals surface area (Å²) in [6, 6.07) is 0. The summed E-state index contributed by atoms with van der Waals surface area (Å²) in [5.74, 6) is 0.536. The van der Waals surface area contributed by atoms with E-state index in [-0.39, 0.29) is 16.7 Å². The van der Waals surface area contributed by atoms with Crippen LogP contribution in [-0.4, -0.2) is 42.5 Å². The van der Waals surface area contributed by atoms with E-state index < -0.39 is 8.32 Å². The molecule has 1 aromatic heterocycles. The van der Waals surface area contributed by atoms with Crippen molar-refractivity contribution < 1.29 is 14.4 Å². The Bertz CT molecular complexity index is 483. The maximum atomic E-state index is 8.51. The first-order valence-corrected chi connectivity index (χ1v) is 9.65. The second-order valence-corrected chi connectivity index (χ2v) is 11.0. The summed E-state index contributed by atoms with van der Waals surface area (Å²) in [5.41, 5.74) is 5.37. The quantitative estimate of drug-likeness (QED) is 0.208. The van der Waals surface area contributed by atoms with Gasteiger partial charge in [-0.05, 0) is 18.1 Å². The fraction of sp³-hybridized carbons (Fsp3) is 0.615. The fourth-order valence-corrected chi connectivity index (χ4v) is 2.27. The summed E-state index contributed by atoms with van der Waals surface area (Å²) < 4.78 is 11.5. The third kappa shape index (κ3) is 4.98. The third-order valence-electron chi connectivity index (χ3n) is 3.59. The van der Waals surface area contributed by atoms with E-state index in [2.05, 4.69) is 49.0 Å². The normalized spacial score (nSPS) is 13.3. The Kier molecular flexibility index (Phi) is 5.67. The van der Waals surface area contributed by atoms with Crippen LogP contribution in [-0.2, 0) is 4.43 Å². The van der Waals surface area contributed by atoms with Crippen molar-refractivity contribution in [1.29, 1.82) is 0 Å². The molecule has 3 N–H and O–H groups in total. The molecule has 21 heavy (non-hydrogen) atoms. The molecule has 118 valence electrons. The number of hydrogen-bond acceptors (Lipinski definition) is 6. The number of aromatic nitrogens is 2. The van der Waals surface area contributed by atoms with Gasteiger partial charge >= 0.3 is 0 Å². The molecule has 0 atom stereocenters. The lowest BCUT2D eigenvalue weighted by Crippen LogP contribution is -2.41. The number of ether oxygens (including phenoxy) is 1. The van der Waals surface area contributed by atoms with E-state index >= 15 is 0 Å². The lowest BCUT2D eigenvalue weighted by Gasteiger charge is -2.36. The van der Waals surface area contributed by atoms with Crippen LogP contribution in [0.15, 0.2) is 17.5 Å². The van der Waals surface area contributed by atoms with Gasteiger partial charge in [-0.1, -0.05) is 25.9 Å². The number of oxime groups is 1. The molecular weight excluding hydrogens is 288 g/mol. The van der Waals surface area contributed by atoms with Gasteiger partial charge < -0.3 is 20.1 Å². The molecule has 0 fully saturated rings. The van der Waals surface area contributed by atoms with Crippen molar-refractivity contribution in [2.24, 2.45) is 10.9 Å². The van der Waals surface area contributed by atoms with Crippen LogP contribution >= 0.6 is 0 Å². The van der Waals surface area contributed by atoms with E-state index in [1.165, 1.54) is 12.4 Å². The van der Waals surface area contributed by atoms with Crippen molar-refractivity contribution in [3.63, 3.8) is 0 Å². The van der Waals surface area contributed by atoms with Crippen LogP contribution in [0.3, 0.4) is 0 Å². The molecule has 0 aliphatic carbocycles. The van der Waals surface area contributed by atoms with Gasteiger partial charge in [0.2, 0.25) is 5.84 Å². The molecule has 0 bridgehead atoms. The molecule has 8 heteroatoms. The highest BCUT2D eigenvalue weighted by atomic mass is 28.4. The fourth-order valence-electron chi connectivity index (χ4n) is 1.24. The van der Waals surface area contributed by atoms with Gasteiger partial charge in [-0.15, -0.1) is 0 Å². The van der Waals surface area contributed by atoms with Gasteiger partial charge in [0.15, 0.2) is 19.9 Å². The summed E-state index contributed by atoms with van der Waals surface area (Å²) in [6.07, 6.45) is 2.96. The van der Waals surface area contributed by atoms with Crippen LogP contribution in [0.5, 0.6) is 5.75 Å². The van der Waals surface area contributed by atoms with Gasteiger partial charge in [-0.3, -0.25) is 0 Å². The van der Waals surface area contributed by atoms with Crippen molar-refractivity contribution in [2.75, 3.05) is 13.2 Å². The first kappa shape index (κ1) is 17.4. The molecule has 7 nitrogen and oxygen atoms in total. The minimum atomic E-state index is -1.74. The summed E-state index contributed by atoms with van der Waals surface area (Å²) in [6.45, 7) is 11.9. The molecule has 0 saturated heterocycles.